The van der Waals surface area contributed by atoms with Gasteiger partial charge in [-0.3, -0.25) is 4.98 Å². The number of carboxylic acids is 1. The van der Waals surface area contributed by atoms with Gasteiger partial charge in [0, 0.05) is 11.9 Å². The first-order valence-corrected chi connectivity index (χ1v) is 7.19. The second-order valence-electron chi connectivity index (χ2n) is 5.41. The van der Waals surface area contributed by atoms with Crippen LogP contribution in [0.3, 0.4) is 0 Å². The number of nitrogens with zero attached hydrogens (tertiary/aromatic N) is 1. The van der Waals surface area contributed by atoms with E-state index in [0.717, 1.165) is 6.20 Å². The third-order valence-electron chi connectivity index (χ3n) is 4.15. The van der Waals surface area contributed by atoms with E-state index in [1.54, 1.807) is 13.8 Å². The lowest BCUT2D eigenvalue weighted by Crippen LogP contribution is -2.30. The standard InChI is InChI=1S/C16H15FN2O4/c1-3-8-9(4-18-5-10(8)17)13-12(15(20)21)7(2)19-11-6-23-16(22)14(11)13/h4-5,13,19H,3,6H2,1-2H3,(H,20,21)/t13-/m0/s1. The quantitative estimate of drug-likeness (QED) is 0.824. The Hall–Kier alpha value is -2.70. The Bertz CT molecular complexity index is 780. The number of allylic oxidation sites excluding steroid dienone is 1. The summed E-state index contributed by atoms with van der Waals surface area (Å²) in [4.78, 5) is 27.7. The molecule has 2 aliphatic heterocycles. The van der Waals surface area contributed by atoms with E-state index in [1.165, 1.54) is 6.20 Å². The molecule has 0 radical (unpaired) electrons. The van der Waals surface area contributed by atoms with Crippen molar-refractivity contribution in [1.29, 1.82) is 0 Å². The van der Waals surface area contributed by atoms with Gasteiger partial charge in [-0.2, -0.15) is 0 Å². The normalized spacial score (nSPS) is 20.3. The largest absolute Gasteiger partial charge is 0.478 e. The molecule has 0 unspecified atom stereocenters. The summed E-state index contributed by atoms with van der Waals surface area (Å²) in [6.07, 6.45) is 2.87. The Labute approximate surface area is 131 Å². The smallest absolute Gasteiger partial charge is 0.337 e. The maximum Gasteiger partial charge on any atom is 0.337 e. The van der Waals surface area contributed by atoms with Crippen molar-refractivity contribution in [3.63, 3.8) is 0 Å². The summed E-state index contributed by atoms with van der Waals surface area (Å²) in [6.45, 7) is 3.43. The lowest BCUT2D eigenvalue weighted by atomic mass is 9.79. The van der Waals surface area contributed by atoms with Crippen molar-refractivity contribution in [3.8, 4) is 0 Å². The van der Waals surface area contributed by atoms with Gasteiger partial charge < -0.3 is 15.2 Å². The highest BCUT2D eigenvalue weighted by Gasteiger charge is 2.42. The third kappa shape index (κ3) is 2.28. The molecule has 1 atom stereocenters. The Kier molecular flexibility index (Phi) is 3.63. The molecule has 3 rings (SSSR count). The SMILES string of the molecule is CCc1c(F)cncc1[C@H]1C(C(=O)O)=C(C)NC2=C1C(=O)OC2. The predicted octanol–water partition coefficient (Wildman–Crippen LogP) is 1.64. The molecule has 0 saturated heterocycles. The Morgan fingerprint density at radius 1 is 1.52 bits per heavy atom. The lowest BCUT2D eigenvalue weighted by molar-refractivity contribution is -0.136. The maximum absolute atomic E-state index is 14.1. The first-order valence-electron chi connectivity index (χ1n) is 7.19. The molecular weight excluding hydrogens is 303 g/mol. The summed E-state index contributed by atoms with van der Waals surface area (Å²) in [7, 11) is 0. The number of ether oxygens (including phenoxy) is 1. The molecule has 2 aliphatic rings. The van der Waals surface area contributed by atoms with Crippen molar-refractivity contribution in [2.75, 3.05) is 6.61 Å². The topological polar surface area (TPSA) is 88.5 Å². The van der Waals surface area contributed by atoms with Crippen molar-refractivity contribution in [2.45, 2.75) is 26.2 Å². The second-order valence-corrected chi connectivity index (χ2v) is 5.41. The van der Waals surface area contributed by atoms with Gasteiger partial charge in [-0.25, -0.2) is 14.0 Å². The summed E-state index contributed by atoms with van der Waals surface area (Å²) < 4.78 is 19.1. The molecule has 1 aromatic rings. The van der Waals surface area contributed by atoms with Crippen molar-refractivity contribution in [3.05, 3.63) is 51.9 Å². The van der Waals surface area contributed by atoms with Gasteiger partial charge in [0.1, 0.15) is 12.4 Å². The van der Waals surface area contributed by atoms with Crippen molar-refractivity contribution >= 4 is 11.9 Å². The molecule has 0 fully saturated rings. The van der Waals surface area contributed by atoms with Crippen LogP contribution < -0.4 is 5.32 Å². The number of cyclic esters (lactones) is 1. The minimum Gasteiger partial charge on any atom is -0.478 e. The summed E-state index contributed by atoms with van der Waals surface area (Å²) in [5.74, 6) is -3.16. The number of dihydropyridines is 1. The molecule has 3 heterocycles. The van der Waals surface area contributed by atoms with Crippen LogP contribution in [0.2, 0.25) is 0 Å². The minimum atomic E-state index is -1.17. The van der Waals surface area contributed by atoms with Gasteiger partial charge >= 0.3 is 11.9 Å². The molecule has 0 saturated carbocycles. The average molecular weight is 318 g/mol. The van der Waals surface area contributed by atoms with E-state index >= 15 is 0 Å². The highest BCUT2D eigenvalue weighted by Crippen LogP contribution is 2.42. The van der Waals surface area contributed by atoms with Crippen LogP contribution >= 0.6 is 0 Å². The molecule has 7 heteroatoms. The van der Waals surface area contributed by atoms with Gasteiger partial charge in [0.25, 0.3) is 0 Å². The van der Waals surface area contributed by atoms with Crippen molar-refractivity contribution < 1.29 is 23.8 Å². The molecule has 120 valence electrons. The molecule has 0 bridgehead atoms. The number of aliphatic carboxylic acids is 1. The zero-order valence-electron chi connectivity index (χ0n) is 12.6. The first kappa shape index (κ1) is 15.2. The molecule has 0 aromatic carbocycles. The van der Waals surface area contributed by atoms with Crippen molar-refractivity contribution in [2.24, 2.45) is 0 Å². The minimum absolute atomic E-state index is 0.00435. The number of carbonyl (C=O) groups excluding carboxylic acids is 1. The van der Waals surface area contributed by atoms with E-state index in [9.17, 15) is 19.1 Å². The van der Waals surface area contributed by atoms with E-state index in [4.69, 9.17) is 4.74 Å². The number of esters is 1. The van der Waals surface area contributed by atoms with Crippen molar-refractivity contribution in [1.82, 2.24) is 10.3 Å². The van der Waals surface area contributed by atoms with E-state index in [2.05, 4.69) is 10.3 Å². The monoisotopic (exact) mass is 318 g/mol. The summed E-state index contributed by atoms with van der Waals surface area (Å²) in [6, 6.07) is 0. The van der Waals surface area contributed by atoms with Gasteiger partial charge in [-0.05, 0) is 24.5 Å². The first-order chi connectivity index (χ1) is 11.0. The number of carbonyl (C=O) groups is 2. The highest BCUT2D eigenvalue weighted by atomic mass is 19.1. The van der Waals surface area contributed by atoms with E-state index in [-0.39, 0.29) is 17.8 Å². The molecule has 0 spiro atoms. The fourth-order valence-corrected chi connectivity index (χ4v) is 3.16. The second kappa shape index (κ2) is 5.49. The van der Waals surface area contributed by atoms with Gasteiger partial charge in [0.15, 0.2) is 0 Å². The van der Waals surface area contributed by atoms with Gasteiger partial charge in [0.05, 0.1) is 29.0 Å². The molecule has 0 aliphatic carbocycles. The van der Waals surface area contributed by atoms with Crippen LogP contribution in [0.15, 0.2) is 34.9 Å². The number of hydrogen-bond acceptors (Lipinski definition) is 5. The van der Waals surface area contributed by atoms with Crippen LogP contribution in [0, 0.1) is 5.82 Å². The molecule has 0 amide bonds. The number of aromatic nitrogens is 1. The van der Waals surface area contributed by atoms with E-state index < -0.39 is 23.7 Å². The van der Waals surface area contributed by atoms with Crippen LogP contribution in [0.5, 0.6) is 0 Å². The number of carboxylic acid groups (broad SMARTS) is 1. The fraction of sp³-hybridized carbons (Fsp3) is 0.312. The number of rotatable bonds is 3. The lowest BCUT2D eigenvalue weighted by Gasteiger charge is -2.27. The highest BCUT2D eigenvalue weighted by molar-refractivity contribution is 6.00. The summed E-state index contributed by atoms with van der Waals surface area (Å²) in [5, 5.41) is 12.5. The van der Waals surface area contributed by atoms with Crippen LogP contribution in [-0.4, -0.2) is 28.6 Å². The maximum atomic E-state index is 14.1. The van der Waals surface area contributed by atoms with Crippen LogP contribution in [-0.2, 0) is 20.7 Å². The van der Waals surface area contributed by atoms with Crippen LogP contribution in [0.1, 0.15) is 30.9 Å². The number of hydrogen-bond donors (Lipinski definition) is 2. The number of nitrogens with one attached hydrogen (secondary N) is 1. The zero-order chi connectivity index (χ0) is 16.7. The van der Waals surface area contributed by atoms with E-state index in [0.29, 0.717) is 28.9 Å². The molecule has 6 nitrogen and oxygen atoms in total. The molecule has 1 aromatic heterocycles. The number of pyridine rings is 1. The number of halogens is 1. The fourth-order valence-electron chi connectivity index (χ4n) is 3.16. The van der Waals surface area contributed by atoms with Crippen LogP contribution in [0.4, 0.5) is 4.39 Å². The Morgan fingerprint density at radius 2 is 2.26 bits per heavy atom. The Balaban J connectivity index is 2.27. The average Bonchev–Trinajstić information content (AvgIpc) is 2.86. The third-order valence-corrected chi connectivity index (χ3v) is 4.15. The predicted molar refractivity (Wildman–Crippen MR) is 77.8 cm³/mol. The molecular formula is C16H15FN2O4. The summed E-state index contributed by atoms with van der Waals surface area (Å²) >= 11 is 0. The van der Waals surface area contributed by atoms with E-state index in [1.807, 2.05) is 0 Å². The molecule has 2 N–H and O–H groups in total. The Morgan fingerprint density at radius 3 is 2.91 bits per heavy atom. The van der Waals surface area contributed by atoms with Crippen LogP contribution in [0.25, 0.3) is 0 Å². The zero-order valence-corrected chi connectivity index (χ0v) is 12.6. The molecule has 23 heavy (non-hydrogen) atoms. The summed E-state index contributed by atoms with van der Waals surface area (Å²) in [5.41, 5.74) is 1.89. The van der Waals surface area contributed by atoms with Gasteiger partial charge in [0.2, 0.25) is 0 Å². The van der Waals surface area contributed by atoms with Gasteiger partial charge in [-0.1, -0.05) is 6.92 Å². The van der Waals surface area contributed by atoms with Gasteiger partial charge in [-0.15, -0.1) is 0 Å².